The van der Waals surface area contributed by atoms with E-state index < -0.39 is 10.0 Å². The normalized spacial score (nSPS) is 18.8. The molecule has 2 rings (SSSR count). The van der Waals surface area contributed by atoms with E-state index in [4.69, 9.17) is 28.5 Å². The van der Waals surface area contributed by atoms with Crippen LogP contribution in [0.2, 0.25) is 10.0 Å². The largest absolute Gasteiger partial charge is 0.332 e. The minimum Gasteiger partial charge on any atom is -0.332 e. The number of hydrogen-bond donors (Lipinski definition) is 1. The Balaban J connectivity index is 2.10. The lowest BCUT2D eigenvalue weighted by Gasteiger charge is -2.32. The van der Waals surface area contributed by atoms with Crippen LogP contribution in [-0.4, -0.2) is 45.4 Å². The minimum absolute atomic E-state index is 0.0273. The average molecular weight is 363 g/mol. The van der Waals surface area contributed by atoms with E-state index in [1.54, 1.807) is 6.07 Å². The highest BCUT2D eigenvalue weighted by atomic mass is 35.5. The quantitative estimate of drug-likeness (QED) is 0.870. The third-order valence-electron chi connectivity index (χ3n) is 3.76. The van der Waals surface area contributed by atoms with Crippen LogP contribution in [0.5, 0.6) is 0 Å². The summed E-state index contributed by atoms with van der Waals surface area (Å²) in [5.74, 6) is -0.0273. The van der Waals surface area contributed by atoms with Crippen LogP contribution in [0.3, 0.4) is 0 Å². The van der Waals surface area contributed by atoms with E-state index >= 15 is 0 Å². The Morgan fingerprint density at radius 3 is 2.59 bits per heavy atom. The fourth-order valence-electron chi connectivity index (χ4n) is 2.54. The molecule has 1 atom stereocenters. The van der Waals surface area contributed by atoms with Crippen molar-refractivity contribution < 1.29 is 13.3 Å². The number of benzene rings is 1. The van der Waals surface area contributed by atoms with Crippen molar-refractivity contribution in [2.24, 2.45) is 5.92 Å². The monoisotopic (exact) mass is 362 g/mol. The molecule has 1 aliphatic rings. The van der Waals surface area contributed by atoms with Gasteiger partial charge in [-0.1, -0.05) is 23.2 Å². The fourth-order valence-corrected chi connectivity index (χ4v) is 4.72. The van der Waals surface area contributed by atoms with Gasteiger partial charge in [-0.25, -0.2) is 8.42 Å². The Morgan fingerprint density at radius 2 is 2.00 bits per heavy atom. The minimum atomic E-state index is -3.63. The molecule has 1 aromatic rings. The molecule has 1 fully saturated rings. The summed E-state index contributed by atoms with van der Waals surface area (Å²) >= 11 is 11.9. The first-order valence-corrected chi connectivity index (χ1v) is 9.22. The number of nitriles is 1. The molecule has 1 aliphatic heterocycles. The summed E-state index contributed by atoms with van der Waals surface area (Å²) in [6, 6.07) is 6.65. The van der Waals surface area contributed by atoms with E-state index in [1.807, 2.05) is 6.92 Å². The van der Waals surface area contributed by atoms with Gasteiger partial charge in [-0.15, -0.1) is 0 Å². The van der Waals surface area contributed by atoms with Gasteiger partial charge in [0, 0.05) is 5.02 Å². The molecule has 0 unspecified atom stereocenters. The van der Waals surface area contributed by atoms with Crippen molar-refractivity contribution in [3.05, 3.63) is 28.2 Å². The number of nitrogens with zero attached hydrogens (tertiary/aromatic N) is 2. The molecule has 1 saturated heterocycles. The highest BCUT2D eigenvalue weighted by molar-refractivity contribution is 7.89. The van der Waals surface area contributed by atoms with Crippen LogP contribution < -0.4 is 4.90 Å². The maximum atomic E-state index is 12.7. The molecule has 0 aromatic heterocycles. The molecule has 0 bridgehead atoms. The molecule has 1 N–H and O–H groups in total. The summed E-state index contributed by atoms with van der Waals surface area (Å²) in [7, 11) is -3.63. The second-order valence-electron chi connectivity index (χ2n) is 5.46. The van der Waals surface area contributed by atoms with Crippen LogP contribution >= 0.6 is 23.2 Å². The number of hydrogen-bond acceptors (Lipinski definition) is 3. The molecule has 8 heteroatoms. The molecule has 22 heavy (non-hydrogen) atoms. The van der Waals surface area contributed by atoms with Crippen LogP contribution in [0.4, 0.5) is 0 Å². The second kappa shape index (κ2) is 7.16. The second-order valence-corrected chi connectivity index (χ2v) is 8.21. The van der Waals surface area contributed by atoms with Crippen molar-refractivity contribution in [3.8, 4) is 6.07 Å². The molecule has 1 aromatic carbocycles. The van der Waals surface area contributed by atoms with Crippen molar-refractivity contribution in [2.45, 2.75) is 11.8 Å². The third kappa shape index (κ3) is 3.92. The zero-order chi connectivity index (χ0) is 16.3. The molecular weight excluding hydrogens is 345 g/mol. The molecule has 0 amide bonds. The molecule has 5 nitrogen and oxygen atoms in total. The van der Waals surface area contributed by atoms with E-state index in [2.05, 4.69) is 6.07 Å². The number of nitrogens with one attached hydrogen (secondary N) is 1. The van der Waals surface area contributed by atoms with Gasteiger partial charge in [0.15, 0.2) is 0 Å². The smallest absolute Gasteiger partial charge is 0.245 e. The van der Waals surface area contributed by atoms with E-state index in [-0.39, 0.29) is 15.8 Å². The highest BCUT2D eigenvalue weighted by Crippen LogP contribution is 2.27. The number of piperazine rings is 1. The number of sulfonamides is 1. The summed E-state index contributed by atoms with van der Waals surface area (Å²) in [5.41, 5.74) is 0. The summed E-state index contributed by atoms with van der Waals surface area (Å²) < 4.78 is 26.8. The van der Waals surface area contributed by atoms with Crippen LogP contribution in [0.15, 0.2) is 23.1 Å². The summed E-state index contributed by atoms with van der Waals surface area (Å²) in [5, 5.41) is 9.38. The van der Waals surface area contributed by atoms with Crippen LogP contribution in [0, 0.1) is 17.2 Å². The molecule has 0 saturated carbocycles. The first-order chi connectivity index (χ1) is 10.3. The molecule has 120 valence electrons. The number of rotatable bonds is 4. The van der Waals surface area contributed by atoms with Crippen LogP contribution in [-0.2, 0) is 10.0 Å². The average Bonchev–Trinajstić information content (AvgIpc) is 2.50. The van der Waals surface area contributed by atoms with Crippen molar-refractivity contribution in [1.82, 2.24) is 4.31 Å². The Hall–Kier alpha value is -0.840. The van der Waals surface area contributed by atoms with E-state index in [0.717, 1.165) is 6.54 Å². The Kier molecular flexibility index (Phi) is 5.70. The summed E-state index contributed by atoms with van der Waals surface area (Å²) in [4.78, 5) is 1.30. The number of halogens is 2. The van der Waals surface area contributed by atoms with Crippen molar-refractivity contribution in [3.63, 3.8) is 0 Å². The molecule has 0 radical (unpaired) electrons. The standard InChI is InChI=1S/C14H17Cl2N3O2S/c1-11(9-17)10-18-4-6-19(7-5-18)22(20,21)14-8-12(15)2-3-13(14)16/h2-3,8,11H,4-7,10H2,1H3/p+1/t11-/m0/s1. The molecule has 0 aliphatic carbocycles. The van der Waals surface area contributed by atoms with Gasteiger partial charge < -0.3 is 4.90 Å². The van der Waals surface area contributed by atoms with E-state index in [1.165, 1.54) is 21.3 Å². The first kappa shape index (κ1) is 17.5. The van der Waals surface area contributed by atoms with Gasteiger partial charge in [-0.2, -0.15) is 9.57 Å². The van der Waals surface area contributed by atoms with E-state index in [0.29, 0.717) is 31.2 Å². The maximum Gasteiger partial charge on any atom is 0.245 e. The predicted octanol–water partition coefficient (Wildman–Crippen LogP) is 1.04. The Bertz CT molecular complexity index is 680. The Labute approximate surface area is 141 Å². The van der Waals surface area contributed by atoms with Crippen LogP contribution in [0.1, 0.15) is 6.92 Å². The third-order valence-corrected chi connectivity index (χ3v) is 6.37. The fraction of sp³-hybridized carbons (Fsp3) is 0.500. The lowest BCUT2D eigenvalue weighted by Crippen LogP contribution is -3.15. The topological polar surface area (TPSA) is 65.6 Å². The zero-order valence-corrected chi connectivity index (χ0v) is 14.5. The molecule has 0 spiro atoms. The lowest BCUT2D eigenvalue weighted by atomic mass is 10.2. The number of quaternary nitrogens is 1. The molecule has 1 heterocycles. The molecular formula is C14H18Cl2N3O2S+. The predicted molar refractivity (Wildman–Crippen MR) is 85.6 cm³/mol. The van der Waals surface area contributed by atoms with Crippen molar-refractivity contribution in [1.29, 1.82) is 5.26 Å². The zero-order valence-electron chi connectivity index (χ0n) is 12.2. The first-order valence-electron chi connectivity index (χ1n) is 7.03. The van der Waals surface area contributed by atoms with Gasteiger partial charge in [0.05, 0.1) is 49.7 Å². The van der Waals surface area contributed by atoms with E-state index in [9.17, 15) is 8.42 Å². The van der Waals surface area contributed by atoms with Crippen molar-refractivity contribution >= 4 is 33.2 Å². The van der Waals surface area contributed by atoms with Gasteiger partial charge in [0.25, 0.3) is 0 Å². The van der Waals surface area contributed by atoms with Crippen molar-refractivity contribution in [2.75, 3.05) is 32.7 Å². The SMILES string of the molecule is C[C@@H](C#N)C[NH+]1CCN(S(=O)(=O)c2cc(Cl)ccc2Cl)CC1. The Morgan fingerprint density at radius 1 is 1.36 bits per heavy atom. The lowest BCUT2D eigenvalue weighted by molar-refractivity contribution is -0.905. The van der Waals surface area contributed by atoms with Gasteiger partial charge in [0.2, 0.25) is 10.0 Å². The summed E-state index contributed by atoms with van der Waals surface area (Å²) in [6.07, 6.45) is 0. The van der Waals surface area contributed by atoms with Gasteiger partial charge in [-0.3, -0.25) is 0 Å². The van der Waals surface area contributed by atoms with Gasteiger partial charge in [0.1, 0.15) is 4.90 Å². The highest BCUT2D eigenvalue weighted by Gasteiger charge is 2.32. The van der Waals surface area contributed by atoms with Gasteiger partial charge in [-0.05, 0) is 25.1 Å². The van der Waals surface area contributed by atoms with Gasteiger partial charge >= 0.3 is 0 Å². The van der Waals surface area contributed by atoms with Crippen LogP contribution in [0.25, 0.3) is 0 Å². The maximum absolute atomic E-state index is 12.7. The summed E-state index contributed by atoms with van der Waals surface area (Å²) in [6.45, 7) is 4.81.